The van der Waals surface area contributed by atoms with E-state index in [9.17, 15) is 4.79 Å². The van der Waals surface area contributed by atoms with Crippen molar-refractivity contribution in [2.24, 2.45) is 17.8 Å². The third-order valence-corrected chi connectivity index (χ3v) is 4.44. The molecule has 2 aliphatic rings. The zero-order chi connectivity index (χ0) is 12.7. The predicted molar refractivity (Wildman–Crippen MR) is 69.1 cm³/mol. The van der Waals surface area contributed by atoms with Gasteiger partial charge in [0.15, 0.2) is 5.82 Å². The lowest BCUT2D eigenvalue weighted by atomic mass is 10.0. The van der Waals surface area contributed by atoms with Gasteiger partial charge in [-0.25, -0.2) is 0 Å². The average Bonchev–Trinajstić information content (AvgIpc) is 3.08. The highest BCUT2D eigenvalue weighted by Crippen LogP contribution is 2.55. The summed E-state index contributed by atoms with van der Waals surface area (Å²) in [7, 11) is 0. The van der Waals surface area contributed by atoms with Gasteiger partial charge in [-0.05, 0) is 50.2 Å². The van der Waals surface area contributed by atoms with Crippen LogP contribution in [0.15, 0.2) is 6.07 Å². The zero-order valence-corrected chi connectivity index (χ0v) is 10.9. The maximum Gasteiger partial charge on any atom is 0.229 e. The number of nitrogens with zero attached hydrogens (tertiary/aromatic N) is 2. The molecule has 0 spiro atoms. The molecule has 2 fully saturated rings. The third kappa shape index (κ3) is 2.00. The fourth-order valence-electron chi connectivity index (χ4n) is 3.20. The van der Waals surface area contributed by atoms with Gasteiger partial charge in [-0.1, -0.05) is 12.8 Å². The standard InChI is InChI=1S/C14H19N3O/c1-8-7-12(17-16-9(8)2)15-14(18)13-10-5-3-4-6-11(10)13/h7,10-11,13H,3-6H2,1-2H3,(H,15,17,18). The average molecular weight is 245 g/mol. The van der Waals surface area contributed by atoms with Gasteiger partial charge in [-0.2, -0.15) is 5.10 Å². The van der Waals surface area contributed by atoms with Crippen LogP contribution < -0.4 is 5.32 Å². The summed E-state index contributed by atoms with van der Waals surface area (Å²) in [4.78, 5) is 12.2. The van der Waals surface area contributed by atoms with Crippen LogP contribution in [0.25, 0.3) is 0 Å². The van der Waals surface area contributed by atoms with Gasteiger partial charge in [0.2, 0.25) is 5.91 Å². The number of fused-ring (bicyclic) bond motifs is 1. The van der Waals surface area contributed by atoms with E-state index in [1.54, 1.807) is 0 Å². The molecule has 2 aliphatic carbocycles. The van der Waals surface area contributed by atoms with E-state index in [1.807, 2.05) is 19.9 Å². The topological polar surface area (TPSA) is 54.9 Å². The summed E-state index contributed by atoms with van der Waals surface area (Å²) >= 11 is 0. The molecule has 0 radical (unpaired) electrons. The first-order chi connectivity index (χ1) is 8.66. The summed E-state index contributed by atoms with van der Waals surface area (Å²) in [6, 6.07) is 1.90. The zero-order valence-electron chi connectivity index (χ0n) is 10.9. The van der Waals surface area contributed by atoms with Crippen LogP contribution in [-0.2, 0) is 4.79 Å². The van der Waals surface area contributed by atoms with Gasteiger partial charge >= 0.3 is 0 Å². The smallest absolute Gasteiger partial charge is 0.229 e. The number of hydrogen-bond acceptors (Lipinski definition) is 3. The van der Waals surface area contributed by atoms with E-state index >= 15 is 0 Å². The molecule has 18 heavy (non-hydrogen) atoms. The molecular weight excluding hydrogens is 226 g/mol. The number of nitrogens with one attached hydrogen (secondary N) is 1. The third-order valence-electron chi connectivity index (χ3n) is 4.44. The normalized spacial score (nSPS) is 29.6. The van der Waals surface area contributed by atoms with Gasteiger partial charge in [0.05, 0.1) is 5.69 Å². The van der Waals surface area contributed by atoms with Crippen LogP contribution in [0.1, 0.15) is 36.9 Å². The molecule has 0 saturated heterocycles. The summed E-state index contributed by atoms with van der Waals surface area (Å²) in [5, 5.41) is 11.0. The van der Waals surface area contributed by atoms with Gasteiger partial charge in [0.25, 0.3) is 0 Å². The van der Waals surface area contributed by atoms with Crippen molar-refractivity contribution in [3.63, 3.8) is 0 Å². The SMILES string of the molecule is Cc1cc(NC(=O)C2C3CCCCC32)nnc1C. The van der Waals surface area contributed by atoms with Crippen LogP contribution in [-0.4, -0.2) is 16.1 Å². The highest BCUT2D eigenvalue weighted by atomic mass is 16.2. The minimum absolute atomic E-state index is 0.143. The lowest BCUT2D eigenvalue weighted by molar-refractivity contribution is -0.117. The maximum atomic E-state index is 12.2. The Labute approximate surface area is 107 Å². The minimum Gasteiger partial charge on any atom is -0.309 e. The molecule has 3 rings (SSSR count). The minimum atomic E-state index is 0.143. The monoisotopic (exact) mass is 245 g/mol. The molecule has 4 nitrogen and oxygen atoms in total. The molecule has 2 atom stereocenters. The van der Waals surface area contributed by atoms with Crippen LogP contribution in [0.4, 0.5) is 5.82 Å². The Morgan fingerprint density at radius 2 is 1.89 bits per heavy atom. The summed E-state index contributed by atoms with van der Waals surface area (Å²) < 4.78 is 0. The van der Waals surface area contributed by atoms with E-state index in [-0.39, 0.29) is 11.8 Å². The fraction of sp³-hybridized carbons (Fsp3) is 0.643. The van der Waals surface area contributed by atoms with Crippen LogP contribution in [0.2, 0.25) is 0 Å². The van der Waals surface area contributed by atoms with Gasteiger partial charge in [0, 0.05) is 5.92 Å². The highest BCUT2D eigenvalue weighted by Gasteiger charge is 2.54. The van der Waals surface area contributed by atoms with Gasteiger partial charge < -0.3 is 5.32 Å². The van der Waals surface area contributed by atoms with Crippen molar-refractivity contribution in [1.29, 1.82) is 0 Å². The second-order valence-corrected chi connectivity index (χ2v) is 5.63. The second-order valence-electron chi connectivity index (χ2n) is 5.63. The molecule has 0 bridgehead atoms. The highest BCUT2D eigenvalue weighted by molar-refractivity contribution is 5.94. The molecule has 2 unspecified atom stereocenters. The molecule has 4 heteroatoms. The number of aromatic nitrogens is 2. The Bertz CT molecular complexity index is 474. The van der Waals surface area contributed by atoms with Gasteiger partial charge in [-0.3, -0.25) is 4.79 Å². The number of carbonyl (C=O) groups excluding carboxylic acids is 1. The lowest BCUT2D eigenvalue weighted by Gasteiger charge is -2.05. The molecule has 1 aromatic heterocycles. The van der Waals surface area contributed by atoms with E-state index in [0.717, 1.165) is 11.3 Å². The van der Waals surface area contributed by atoms with Crippen molar-refractivity contribution < 1.29 is 4.79 Å². The van der Waals surface area contributed by atoms with E-state index in [1.165, 1.54) is 25.7 Å². The van der Waals surface area contributed by atoms with Crippen molar-refractivity contribution in [3.8, 4) is 0 Å². The first kappa shape index (κ1) is 11.6. The van der Waals surface area contributed by atoms with Crippen molar-refractivity contribution in [2.45, 2.75) is 39.5 Å². The van der Waals surface area contributed by atoms with Crippen molar-refractivity contribution in [3.05, 3.63) is 17.3 Å². The fourth-order valence-corrected chi connectivity index (χ4v) is 3.20. The number of anilines is 1. The number of rotatable bonds is 2. The Morgan fingerprint density at radius 3 is 2.50 bits per heavy atom. The maximum absolute atomic E-state index is 12.2. The number of aryl methyl sites for hydroxylation is 2. The number of hydrogen-bond donors (Lipinski definition) is 1. The van der Waals surface area contributed by atoms with E-state index in [0.29, 0.717) is 17.7 Å². The molecule has 96 valence electrons. The van der Waals surface area contributed by atoms with Gasteiger partial charge in [-0.15, -0.1) is 5.10 Å². The van der Waals surface area contributed by atoms with Gasteiger partial charge in [0.1, 0.15) is 0 Å². The Hall–Kier alpha value is -1.45. The Kier molecular flexibility index (Phi) is 2.80. The van der Waals surface area contributed by atoms with Crippen molar-refractivity contribution >= 4 is 11.7 Å². The largest absolute Gasteiger partial charge is 0.309 e. The first-order valence-corrected chi connectivity index (χ1v) is 6.78. The number of carbonyl (C=O) groups is 1. The Balaban J connectivity index is 1.66. The van der Waals surface area contributed by atoms with E-state index < -0.39 is 0 Å². The van der Waals surface area contributed by atoms with Crippen LogP contribution in [0.5, 0.6) is 0 Å². The molecule has 1 heterocycles. The molecule has 1 aromatic rings. The molecule has 1 N–H and O–H groups in total. The summed E-state index contributed by atoms with van der Waals surface area (Å²) in [5.74, 6) is 2.24. The second kappa shape index (κ2) is 4.34. The van der Waals surface area contributed by atoms with E-state index in [4.69, 9.17) is 0 Å². The molecule has 2 saturated carbocycles. The van der Waals surface area contributed by atoms with Crippen LogP contribution in [0.3, 0.4) is 0 Å². The van der Waals surface area contributed by atoms with Crippen molar-refractivity contribution in [1.82, 2.24) is 10.2 Å². The summed E-state index contributed by atoms with van der Waals surface area (Å²) in [5.41, 5.74) is 1.97. The van der Waals surface area contributed by atoms with Crippen LogP contribution in [0, 0.1) is 31.6 Å². The molecular formula is C14H19N3O. The molecule has 1 amide bonds. The number of amides is 1. The van der Waals surface area contributed by atoms with Crippen molar-refractivity contribution in [2.75, 3.05) is 5.32 Å². The lowest BCUT2D eigenvalue weighted by Crippen LogP contribution is -2.17. The summed E-state index contributed by atoms with van der Waals surface area (Å²) in [6.45, 7) is 3.90. The molecule has 0 aliphatic heterocycles. The first-order valence-electron chi connectivity index (χ1n) is 6.78. The van der Waals surface area contributed by atoms with Crippen LogP contribution >= 0.6 is 0 Å². The van der Waals surface area contributed by atoms with E-state index in [2.05, 4.69) is 15.5 Å². The predicted octanol–water partition coefficient (Wildman–Crippen LogP) is 2.47. The quantitative estimate of drug-likeness (QED) is 0.870. The Morgan fingerprint density at radius 1 is 1.22 bits per heavy atom. The molecule has 0 aromatic carbocycles. The summed E-state index contributed by atoms with van der Waals surface area (Å²) in [6.07, 6.45) is 5.02.